The normalized spacial score (nSPS) is 17.4. The van der Waals surface area contributed by atoms with Crippen LogP contribution in [0.15, 0.2) is 36.4 Å². The summed E-state index contributed by atoms with van der Waals surface area (Å²) in [7, 11) is 1.96. The van der Waals surface area contributed by atoms with Gasteiger partial charge in [-0.25, -0.2) is 4.39 Å². The van der Waals surface area contributed by atoms with Crippen LogP contribution in [-0.4, -0.2) is 13.7 Å². The van der Waals surface area contributed by atoms with Crippen LogP contribution in [0.25, 0.3) is 11.1 Å². The molecule has 0 radical (unpaired) electrons. The molecule has 0 saturated heterocycles. The van der Waals surface area contributed by atoms with Gasteiger partial charge in [-0.3, -0.25) is 0 Å². The maximum atomic E-state index is 13.4. The number of fused-ring (bicyclic) bond motifs is 1. The quantitative estimate of drug-likeness (QED) is 0.896. The Morgan fingerprint density at radius 3 is 2.85 bits per heavy atom. The molecule has 1 atom stereocenters. The van der Waals surface area contributed by atoms with E-state index >= 15 is 0 Å². The number of hydrogen-bond donors (Lipinski definition) is 1. The van der Waals surface area contributed by atoms with Crippen molar-refractivity contribution in [2.45, 2.75) is 19.4 Å². The van der Waals surface area contributed by atoms with Gasteiger partial charge in [-0.05, 0) is 48.9 Å². The Kier molecular flexibility index (Phi) is 3.45. The van der Waals surface area contributed by atoms with E-state index < -0.39 is 0 Å². The Balaban J connectivity index is 2.06. The third-order valence-corrected chi connectivity index (χ3v) is 3.91. The molecular weight excluding hydrogens is 253 g/mol. The first-order chi connectivity index (χ1) is 9.69. The van der Waals surface area contributed by atoms with Crippen LogP contribution >= 0.6 is 0 Å². The molecule has 0 aliphatic carbocycles. The average Bonchev–Trinajstić information content (AvgIpc) is 2.48. The number of nitrogens with one attached hydrogen (secondary N) is 1. The van der Waals surface area contributed by atoms with Crippen molar-refractivity contribution in [1.82, 2.24) is 5.32 Å². The summed E-state index contributed by atoms with van der Waals surface area (Å²) >= 11 is 0. The van der Waals surface area contributed by atoms with Crippen molar-refractivity contribution in [2.24, 2.45) is 0 Å². The molecule has 3 heteroatoms. The fourth-order valence-electron chi connectivity index (χ4n) is 2.76. The lowest BCUT2D eigenvalue weighted by molar-refractivity contribution is 0.257. The van der Waals surface area contributed by atoms with Gasteiger partial charge in [-0.1, -0.05) is 18.2 Å². The van der Waals surface area contributed by atoms with E-state index in [9.17, 15) is 4.39 Å². The molecule has 0 saturated carbocycles. The third-order valence-electron chi connectivity index (χ3n) is 3.91. The van der Waals surface area contributed by atoms with Crippen molar-refractivity contribution in [2.75, 3.05) is 13.7 Å². The van der Waals surface area contributed by atoms with Crippen molar-refractivity contribution >= 4 is 0 Å². The fraction of sp³-hybridized carbons (Fsp3) is 0.294. The lowest BCUT2D eigenvalue weighted by atomic mass is 9.95. The Labute approximate surface area is 118 Å². The molecule has 3 rings (SSSR count). The molecule has 0 fully saturated rings. The van der Waals surface area contributed by atoms with Gasteiger partial charge in [0, 0.05) is 18.0 Å². The lowest BCUT2D eigenvalue weighted by Gasteiger charge is -2.26. The zero-order valence-electron chi connectivity index (χ0n) is 11.7. The van der Waals surface area contributed by atoms with Crippen LogP contribution in [0.4, 0.5) is 4.39 Å². The number of hydrogen-bond acceptors (Lipinski definition) is 2. The average molecular weight is 271 g/mol. The molecule has 1 aliphatic heterocycles. The summed E-state index contributed by atoms with van der Waals surface area (Å²) in [4.78, 5) is 0. The SMILES string of the molecule is CN[C@@H]1CCOc2cc(-c3cc(F)ccc3C)ccc21. The first kappa shape index (κ1) is 13.1. The van der Waals surface area contributed by atoms with Gasteiger partial charge in [0.15, 0.2) is 0 Å². The summed E-state index contributed by atoms with van der Waals surface area (Å²) < 4.78 is 19.2. The summed E-state index contributed by atoms with van der Waals surface area (Å²) in [5.41, 5.74) is 4.16. The van der Waals surface area contributed by atoms with Gasteiger partial charge < -0.3 is 10.1 Å². The Morgan fingerprint density at radius 2 is 2.05 bits per heavy atom. The monoisotopic (exact) mass is 271 g/mol. The zero-order valence-corrected chi connectivity index (χ0v) is 11.7. The minimum atomic E-state index is -0.211. The number of halogens is 1. The van der Waals surface area contributed by atoms with Crippen LogP contribution in [0.1, 0.15) is 23.6 Å². The number of benzene rings is 2. The van der Waals surface area contributed by atoms with E-state index in [-0.39, 0.29) is 5.82 Å². The van der Waals surface area contributed by atoms with Crippen LogP contribution < -0.4 is 10.1 Å². The number of ether oxygens (including phenoxy) is 1. The second-order valence-electron chi connectivity index (χ2n) is 5.19. The van der Waals surface area contributed by atoms with E-state index in [0.29, 0.717) is 12.6 Å². The van der Waals surface area contributed by atoms with E-state index in [1.54, 1.807) is 12.1 Å². The van der Waals surface area contributed by atoms with E-state index in [0.717, 1.165) is 28.9 Å². The molecule has 20 heavy (non-hydrogen) atoms. The number of rotatable bonds is 2. The van der Waals surface area contributed by atoms with E-state index in [1.165, 1.54) is 11.6 Å². The van der Waals surface area contributed by atoms with Crippen molar-refractivity contribution in [3.63, 3.8) is 0 Å². The van der Waals surface area contributed by atoms with Crippen LogP contribution in [0, 0.1) is 12.7 Å². The second-order valence-corrected chi connectivity index (χ2v) is 5.19. The molecule has 1 heterocycles. The first-order valence-corrected chi connectivity index (χ1v) is 6.89. The largest absolute Gasteiger partial charge is 0.493 e. The molecule has 2 aromatic rings. The van der Waals surface area contributed by atoms with Crippen molar-refractivity contribution in [1.29, 1.82) is 0 Å². The highest BCUT2D eigenvalue weighted by Gasteiger charge is 2.20. The summed E-state index contributed by atoms with van der Waals surface area (Å²) in [6, 6.07) is 11.3. The van der Waals surface area contributed by atoms with Crippen LogP contribution in [0.2, 0.25) is 0 Å². The summed E-state index contributed by atoms with van der Waals surface area (Å²) in [6.07, 6.45) is 0.974. The van der Waals surface area contributed by atoms with Crippen molar-refractivity contribution < 1.29 is 9.13 Å². The predicted octanol–water partition coefficient (Wildman–Crippen LogP) is 3.84. The molecule has 2 nitrogen and oxygen atoms in total. The van der Waals surface area contributed by atoms with Gasteiger partial charge in [-0.2, -0.15) is 0 Å². The Bertz CT molecular complexity index is 639. The molecule has 0 spiro atoms. The molecule has 104 valence electrons. The molecular formula is C17H18FNO. The number of aryl methyl sites for hydroxylation is 1. The Hall–Kier alpha value is -1.87. The molecule has 2 aromatic carbocycles. The van der Waals surface area contributed by atoms with Crippen molar-refractivity contribution in [3.05, 3.63) is 53.3 Å². The lowest BCUT2D eigenvalue weighted by Crippen LogP contribution is -2.23. The van der Waals surface area contributed by atoms with Crippen LogP contribution in [-0.2, 0) is 0 Å². The second kappa shape index (κ2) is 5.25. The smallest absolute Gasteiger partial charge is 0.124 e. The van der Waals surface area contributed by atoms with Gasteiger partial charge >= 0.3 is 0 Å². The summed E-state index contributed by atoms with van der Waals surface area (Å²) in [5, 5.41) is 3.30. The molecule has 1 aliphatic rings. The van der Waals surface area contributed by atoms with E-state index in [2.05, 4.69) is 11.4 Å². The minimum Gasteiger partial charge on any atom is -0.493 e. The van der Waals surface area contributed by atoms with Crippen LogP contribution in [0.5, 0.6) is 5.75 Å². The minimum absolute atomic E-state index is 0.211. The molecule has 0 bridgehead atoms. The first-order valence-electron chi connectivity index (χ1n) is 6.89. The third kappa shape index (κ3) is 2.29. The Morgan fingerprint density at radius 1 is 1.20 bits per heavy atom. The highest BCUT2D eigenvalue weighted by atomic mass is 19.1. The van der Waals surface area contributed by atoms with Crippen LogP contribution in [0.3, 0.4) is 0 Å². The summed E-state index contributed by atoms with van der Waals surface area (Å²) in [6.45, 7) is 2.70. The van der Waals surface area contributed by atoms with Gasteiger partial charge in [0.1, 0.15) is 11.6 Å². The highest BCUT2D eigenvalue weighted by Crippen LogP contribution is 2.36. The topological polar surface area (TPSA) is 21.3 Å². The van der Waals surface area contributed by atoms with E-state index in [1.807, 2.05) is 26.1 Å². The van der Waals surface area contributed by atoms with E-state index in [4.69, 9.17) is 4.74 Å². The predicted molar refractivity (Wildman–Crippen MR) is 78.5 cm³/mol. The van der Waals surface area contributed by atoms with Gasteiger partial charge in [0.25, 0.3) is 0 Å². The van der Waals surface area contributed by atoms with Gasteiger partial charge in [0.05, 0.1) is 6.61 Å². The molecule has 1 N–H and O–H groups in total. The highest BCUT2D eigenvalue weighted by molar-refractivity contribution is 5.69. The fourth-order valence-corrected chi connectivity index (χ4v) is 2.76. The summed E-state index contributed by atoms with van der Waals surface area (Å²) in [5.74, 6) is 0.689. The molecule has 0 unspecified atom stereocenters. The maximum absolute atomic E-state index is 13.4. The molecule has 0 amide bonds. The maximum Gasteiger partial charge on any atom is 0.124 e. The van der Waals surface area contributed by atoms with Gasteiger partial charge in [0.2, 0.25) is 0 Å². The molecule has 0 aromatic heterocycles. The zero-order chi connectivity index (χ0) is 14.1. The standard InChI is InChI=1S/C17H18FNO/c1-11-3-5-13(18)10-15(11)12-4-6-14-16(19-2)7-8-20-17(14)9-12/h3-6,9-10,16,19H,7-8H2,1-2H3/t16-/m1/s1. The van der Waals surface area contributed by atoms with Gasteiger partial charge in [-0.15, -0.1) is 0 Å². The van der Waals surface area contributed by atoms with Crippen molar-refractivity contribution in [3.8, 4) is 16.9 Å².